The zero-order chi connectivity index (χ0) is 18.8. The van der Waals surface area contributed by atoms with Crippen LogP contribution < -0.4 is 0 Å². The molecule has 27 heavy (non-hydrogen) atoms. The van der Waals surface area contributed by atoms with E-state index in [0.717, 1.165) is 48.9 Å². The molecule has 1 amide bonds. The average Bonchev–Trinajstić information content (AvgIpc) is 3.38. The van der Waals surface area contributed by atoms with Crippen LogP contribution in [0.2, 0.25) is 0 Å². The molecule has 1 N–H and O–H groups in total. The molecule has 6 heteroatoms. The van der Waals surface area contributed by atoms with Crippen molar-refractivity contribution in [3.8, 4) is 11.4 Å². The van der Waals surface area contributed by atoms with E-state index in [1.807, 2.05) is 24.3 Å². The Labute approximate surface area is 161 Å². The summed E-state index contributed by atoms with van der Waals surface area (Å²) >= 11 is 0. The Kier molecular flexibility index (Phi) is 5.25. The SMILES string of the molecule is CC(C)[C@H]1CN(C(=O)c2ccc(-c3ncn[nH]3)cc2)CCCN1CC1CC1. The number of aromatic nitrogens is 3. The first-order chi connectivity index (χ1) is 13.1. The Morgan fingerprint density at radius 2 is 2.00 bits per heavy atom. The number of H-pyrrole nitrogens is 1. The molecule has 0 spiro atoms. The van der Waals surface area contributed by atoms with E-state index in [-0.39, 0.29) is 5.91 Å². The summed E-state index contributed by atoms with van der Waals surface area (Å²) in [4.78, 5) is 22.0. The summed E-state index contributed by atoms with van der Waals surface area (Å²) < 4.78 is 0. The highest BCUT2D eigenvalue weighted by molar-refractivity contribution is 5.94. The van der Waals surface area contributed by atoms with E-state index in [1.165, 1.54) is 25.7 Å². The van der Waals surface area contributed by atoms with Crippen LogP contribution in [-0.4, -0.2) is 63.1 Å². The molecule has 1 saturated heterocycles. The predicted molar refractivity (Wildman–Crippen MR) is 105 cm³/mol. The van der Waals surface area contributed by atoms with Gasteiger partial charge >= 0.3 is 0 Å². The number of carbonyl (C=O) groups excluding carboxylic acids is 1. The lowest BCUT2D eigenvalue weighted by molar-refractivity contribution is 0.0704. The molecule has 2 fully saturated rings. The third kappa shape index (κ3) is 4.21. The van der Waals surface area contributed by atoms with E-state index >= 15 is 0 Å². The number of nitrogens with one attached hydrogen (secondary N) is 1. The molecule has 1 aliphatic heterocycles. The Morgan fingerprint density at radius 1 is 1.22 bits per heavy atom. The number of benzene rings is 1. The van der Waals surface area contributed by atoms with Crippen LogP contribution in [0.15, 0.2) is 30.6 Å². The molecule has 1 aromatic heterocycles. The molecule has 2 aromatic rings. The van der Waals surface area contributed by atoms with Crippen LogP contribution in [0.4, 0.5) is 0 Å². The normalized spacial score (nSPS) is 21.4. The number of carbonyl (C=O) groups is 1. The summed E-state index contributed by atoms with van der Waals surface area (Å²) in [5.41, 5.74) is 1.69. The standard InChI is InChI=1S/C21H29N5O/c1-15(2)19-13-26(11-3-10-25(19)12-16-4-5-16)21(27)18-8-6-17(7-9-18)20-22-14-23-24-20/h6-9,14-16,19H,3-5,10-13H2,1-2H3,(H,22,23,24)/t19-/m1/s1. The van der Waals surface area contributed by atoms with Crippen LogP contribution in [0.25, 0.3) is 11.4 Å². The molecule has 1 atom stereocenters. The minimum absolute atomic E-state index is 0.137. The van der Waals surface area contributed by atoms with Crippen molar-refractivity contribution in [1.29, 1.82) is 0 Å². The zero-order valence-electron chi connectivity index (χ0n) is 16.3. The number of aromatic amines is 1. The lowest BCUT2D eigenvalue weighted by atomic mass is 10.0. The molecule has 0 bridgehead atoms. The lowest BCUT2D eigenvalue weighted by Crippen LogP contribution is -2.46. The summed E-state index contributed by atoms with van der Waals surface area (Å²) in [6, 6.07) is 8.12. The van der Waals surface area contributed by atoms with Crippen LogP contribution in [0.5, 0.6) is 0 Å². The second-order valence-corrected chi connectivity index (χ2v) is 8.27. The van der Waals surface area contributed by atoms with Crippen LogP contribution in [-0.2, 0) is 0 Å². The highest BCUT2D eigenvalue weighted by Crippen LogP contribution is 2.32. The van der Waals surface area contributed by atoms with Gasteiger partial charge in [-0.05, 0) is 43.2 Å². The van der Waals surface area contributed by atoms with E-state index in [1.54, 1.807) is 0 Å². The quantitative estimate of drug-likeness (QED) is 0.882. The monoisotopic (exact) mass is 367 g/mol. The second kappa shape index (κ2) is 7.80. The molecule has 2 aliphatic rings. The van der Waals surface area contributed by atoms with Crippen molar-refractivity contribution in [1.82, 2.24) is 25.0 Å². The Morgan fingerprint density at radius 3 is 2.63 bits per heavy atom. The van der Waals surface area contributed by atoms with Gasteiger partial charge < -0.3 is 4.90 Å². The number of nitrogens with zero attached hydrogens (tertiary/aromatic N) is 4. The minimum atomic E-state index is 0.137. The third-order valence-corrected chi connectivity index (χ3v) is 5.82. The summed E-state index contributed by atoms with van der Waals surface area (Å²) in [6.07, 6.45) is 5.30. The lowest BCUT2D eigenvalue weighted by Gasteiger charge is -2.34. The van der Waals surface area contributed by atoms with Gasteiger partial charge in [-0.15, -0.1) is 0 Å². The molecular weight excluding hydrogens is 338 g/mol. The van der Waals surface area contributed by atoms with E-state index in [4.69, 9.17) is 0 Å². The predicted octanol–water partition coefficient (Wildman–Crippen LogP) is 3.05. The van der Waals surface area contributed by atoms with Gasteiger partial charge in [0.25, 0.3) is 5.91 Å². The van der Waals surface area contributed by atoms with Gasteiger partial charge in [-0.2, -0.15) is 5.10 Å². The van der Waals surface area contributed by atoms with Crippen molar-refractivity contribution in [2.75, 3.05) is 26.2 Å². The fraction of sp³-hybridized carbons (Fsp3) is 0.571. The molecular formula is C21H29N5O. The van der Waals surface area contributed by atoms with Crippen molar-refractivity contribution >= 4 is 5.91 Å². The number of amides is 1. The molecule has 1 aliphatic carbocycles. The van der Waals surface area contributed by atoms with Crippen molar-refractivity contribution in [3.63, 3.8) is 0 Å². The number of rotatable bonds is 5. The largest absolute Gasteiger partial charge is 0.337 e. The number of hydrogen-bond acceptors (Lipinski definition) is 4. The van der Waals surface area contributed by atoms with Gasteiger partial charge in [-0.1, -0.05) is 26.0 Å². The van der Waals surface area contributed by atoms with E-state index in [0.29, 0.717) is 12.0 Å². The topological polar surface area (TPSA) is 65.1 Å². The summed E-state index contributed by atoms with van der Waals surface area (Å²) in [5.74, 6) is 2.29. The van der Waals surface area contributed by atoms with Gasteiger partial charge in [0.1, 0.15) is 6.33 Å². The third-order valence-electron chi connectivity index (χ3n) is 5.82. The van der Waals surface area contributed by atoms with Crippen LogP contribution >= 0.6 is 0 Å². The maximum Gasteiger partial charge on any atom is 0.253 e. The highest BCUT2D eigenvalue weighted by atomic mass is 16.2. The molecule has 0 unspecified atom stereocenters. The van der Waals surface area contributed by atoms with Gasteiger partial charge in [-0.3, -0.25) is 14.8 Å². The van der Waals surface area contributed by atoms with Gasteiger partial charge in [0, 0.05) is 43.3 Å². The van der Waals surface area contributed by atoms with Gasteiger partial charge in [0.05, 0.1) is 0 Å². The summed E-state index contributed by atoms with van der Waals surface area (Å²) in [7, 11) is 0. The first-order valence-electron chi connectivity index (χ1n) is 10.1. The van der Waals surface area contributed by atoms with Crippen molar-refractivity contribution in [2.45, 2.75) is 39.2 Å². The van der Waals surface area contributed by atoms with Crippen LogP contribution in [0, 0.1) is 11.8 Å². The second-order valence-electron chi connectivity index (χ2n) is 8.27. The van der Waals surface area contributed by atoms with Gasteiger partial charge in [0.2, 0.25) is 0 Å². The molecule has 6 nitrogen and oxygen atoms in total. The maximum atomic E-state index is 13.1. The van der Waals surface area contributed by atoms with E-state index in [2.05, 4.69) is 38.8 Å². The highest BCUT2D eigenvalue weighted by Gasteiger charge is 2.33. The fourth-order valence-electron chi connectivity index (χ4n) is 4.04. The fourth-order valence-corrected chi connectivity index (χ4v) is 4.04. The van der Waals surface area contributed by atoms with Gasteiger partial charge in [-0.25, -0.2) is 4.98 Å². The first-order valence-corrected chi connectivity index (χ1v) is 10.1. The molecule has 1 aromatic carbocycles. The van der Waals surface area contributed by atoms with Crippen molar-refractivity contribution < 1.29 is 4.79 Å². The Hall–Kier alpha value is -2.21. The maximum absolute atomic E-state index is 13.1. The summed E-state index contributed by atoms with van der Waals surface area (Å²) in [5, 5.41) is 6.74. The molecule has 1 saturated carbocycles. The van der Waals surface area contributed by atoms with Gasteiger partial charge in [0.15, 0.2) is 5.82 Å². The molecule has 4 rings (SSSR count). The molecule has 2 heterocycles. The Bertz CT molecular complexity index is 751. The summed E-state index contributed by atoms with van der Waals surface area (Å²) in [6.45, 7) is 8.54. The first kappa shape index (κ1) is 18.2. The number of hydrogen-bond donors (Lipinski definition) is 1. The minimum Gasteiger partial charge on any atom is -0.337 e. The van der Waals surface area contributed by atoms with E-state index in [9.17, 15) is 4.79 Å². The average molecular weight is 367 g/mol. The smallest absolute Gasteiger partial charge is 0.253 e. The Balaban J connectivity index is 1.47. The van der Waals surface area contributed by atoms with Crippen molar-refractivity contribution in [3.05, 3.63) is 36.2 Å². The van der Waals surface area contributed by atoms with Crippen molar-refractivity contribution in [2.24, 2.45) is 11.8 Å². The van der Waals surface area contributed by atoms with Crippen LogP contribution in [0.3, 0.4) is 0 Å². The van der Waals surface area contributed by atoms with Crippen LogP contribution in [0.1, 0.15) is 43.5 Å². The molecule has 0 radical (unpaired) electrons. The molecule has 144 valence electrons. The van der Waals surface area contributed by atoms with E-state index < -0.39 is 0 Å². The zero-order valence-corrected chi connectivity index (χ0v) is 16.3.